The summed E-state index contributed by atoms with van der Waals surface area (Å²) in [5.74, 6) is 0.412. The molecule has 1 unspecified atom stereocenters. The third-order valence-electron chi connectivity index (χ3n) is 4.32. The van der Waals surface area contributed by atoms with Crippen LogP contribution in [0.4, 0.5) is 5.69 Å². The van der Waals surface area contributed by atoms with Crippen molar-refractivity contribution in [2.45, 2.75) is 13.0 Å². The largest absolute Gasteiger partial charge is 0.497 e. The Kier molecular flexibility index (Phi) is 6.07. The molecular weight excluding hydrogens is 352 g/mol. The molecule has 3 rings (SSSR count). The molecule has 0 saturated carbocycles. The number of rotatable bonds is 6. The van der Waals surface area contributed by atoms with Crippen LogP contribution in [0.25, 0.3) is 0 Å². The highest BCUT2D eigenvalue weighted by atomic mass is 16.5. The Labute approximate surface area is 164 Å². The van der Waals surface area contributed by atoms with E-state index in [-0.39, 0.29) is 17.9 Å². The van der Waals surface area contributed by atoms with Crippen LogP contribution in [0.2, 0.25) is 0 Å². The molecule has 0 spiro atoms. The second kappa shape index (κ2) is 8.86. The van der Waals surface area contributed by atoms with Crippen molar-refractivity contribution >= 4 is 17.5 Å². The number of hydrogen-bond acceptors (Lipinski definition) is 3. The van der Waals surface area contributed by atoms with E-state index in [2.05, 4.69) is 10.6 Å². The van der Waals surface area contributed by atoms with Crippen LogP contribution in [-0.4, -0.2) is 18.9 Å². The predicted molar refractivity (Wildman–Crippen MR) is 109 cm³/mol. The highest BCUT2D eigenvalue weighted by Gasteiger charge is 2.18. The molecule has 0 aromatic heterocycles. The van der Waals surface area contributed by atoms with Gasteiger partial charge in [-0.2, -0.15) is 0 Å². The molecule has 2 amide bonds. The third-order valence-corrected chi connectivity index (χ3v) is 4.32. The summed E-state index contributed by atoms with van der Waals surface area (Å²) in [7, 11) is 1.62. The number of amides is 2. The summed E-state index contributed by atoms with van der Waals surface area (Å²) < 4.78 is 5.23. The fourth-order valence-electron chi connectivity index (χ4n) is 2.92. The molecule has 0 radical (unpaired) electrons. The van der Waals surface area contributed by atoms with Crippen LogP contribution in [-0.2, 0) is 4.79 Å². The second-order valence-electron chi connectivity index (χ2n) is 6.35. The predicted octanol–water partition coefficient (Wildman–Crippen LogP) is 4.17. The smallest absolute Gasteiger partial charge is 0.252 e. The molecule has 0 heterocycles. The Balaban J connectivity index is 1.84. The highest BCUT2D eigenvalue weighted by Crippen LogP contribution is 2.24. The first-order chi connectivity index (χ1) is 13.6. The average molecular weight is 374 g/mol. The third kappa shape index (κ3) is 4.76. The molecule has 0 aliphatic heterocycles. The van der Waals surface area contributed by atoms with Crippen molar-refractivity contribution in [2.24, 2.45) is 0 Å². The first-order valence-electron chi connectivity index (χ1n) is 8.94. The summed E-state index contributed by atoms with van der Waals surface area (Å²) in [6.45, 7) is 1.44. The van der Waals surface area contributed by atoms with Crippen molar-refractivity contribution < 1.29 is 14.3 Å². The standard InChI is InChI=1S/C23H22N2O3/c1-16(26)24-20-12-8-19(9-13-20)23(27)25-22(17-6-4-3-5-7-17)18-10-14-21(28-2)15-11-18/h3-15,22H,1-2H3,(H,24,26)(H,25,27). The van der Waals surface area contributed by atoms with Gasteiger partial charge in [0.05, 0.1) is 13.2 Å². The van der Waals surface area contributed by atoms with Crippen molar-refractivity contribution in [3.63, 3.8) is 0 Å². The summed E-state index contributed by atoms with van der Waals surface area (Å²) >= 11 is 0. The van der Waals surface area contributed by atoms with Crippen molar-refractivity contribution in [2.75, 3.05) is 12.4 Å². The minimum atomic E-state index is -0.297. The van der Waals surface area contributed by atoms with Gasteiger partial charge in [0.15, 0.2) is 0 Å². The van der Waals surface area contributed by atoms with E-state index in [0.717, 1.165) is 16.9 Å². The van der Waals surface area contributed by atoms with E-state index in [9.17, 15) is 9.59 Å². The summed E-state index contributed by atoms with van der Waals surface area (Å²) in [4.78, 5) is 24.0. The molecule has 0 fully saturated rings. The van der Waals surface area contributed by atoms with Gasteiger partial charge in [-0.05, 0) is 47.5 Å². The molecule has 3 aromatic carbocycles. The van der Waals surface area contributed by atoms with Crippen LogP contribution in [0, 0.1) is 0 Å². The topological polar surface area (TPSA) is 67.4 Å². The van der Waals surface area contributed by atoms with Crippen LogP contribution in [0.5, 0.6) is 5.75 Å². The molecule has 5 heteroatoms. The Hall–Kier alpha value is -3.60. The Morgan fingerprint density at radius 1 is 0.821 bits per heavy atom. The van der Waals surface area contributed by atoms with Gasteiger partial charge in [0.25, 0.3) is 5.91 Å². The Morgan fingerprint density at radius 3 is 2.00 bits per heavy atom. The monoisotopic (exact) mass is 374 g/mol. The van der Waals surface area contributed by atoms with Crippen molar-refractivity contribution in [1.29, 1.82) is 0 Å². The van der Waals surface area contributed by atoms with Gasteiger partial charge >= 0.3 is 0 Å². The molecule has 28 heavy (non-hydrogen) atoms. The van der Waals surface area contributed by atoms with Crippen LogP contribution in [0.15, 0.2) is 78.9 Å². The van der Waals surface area contributed by atoms with Crippen molar-refractivity contribution in [3.05, 3.63) is 95.6 Å². The molecule has 2 N–H and O–H groups in total. The van der Waals surface area contributed by atoms with E-state index in [1.54, 1.807) is 31.4 Å². The van der Waals surface area contributed by atoms with Gasteiger partial charge in [0.1, 0.15) is 5.75 Å². The lowest BCUT2D eigenvalue weighted by molar-refractivity contribution is -0.114. The van der Waals surface area contributed by atoms with Gasteiger partial charge in [-0.3, -0.25) is 9.59 Å². The number of nitrogens with one attached hydrogen (secondary N) is 2. The quantitative estimate of drug-likeness (QED) is 0.680. The summed E-state index contributed by atoms with van der Waals surface area (Å²) in [6.07, 6.45) is 0. The normalized spacial score (nSPS) is 11.4. The van der Waals surface area contributed by atoms with Gasteiger partial charge in [0.2, 0.25) is 5.91 Å². The molecule has 5 nitrogen and oxygen atoms in total. The SMILES string of the molecule is COc1ccc(C(NC(=O)c2ccc(NC(C)=O)cc2)c2ccccc2)cc1. The summed E-state index contributed by atoms with van der Waals surface area (Å²) in [5, 5.41) is 5.79. The lowest BCUT2D eigenvalue weighted by atomic mass is 9.98. The Bertz CT molecular complexity index is 936. The van der Waals surface area contributed by atoms with E-state index < -0.39 is 0 Å². The van der Waals surface area contributed by atoms with Gasteiger partial charge in [-0.1, -0.05) is 42.5 Å². The maximum absolute atomic E-state index is 12.8. The van der Waals surface area contributed by atoms with E-state index >= 15 is 0 Å². The molecule has 0 saturated heterocycles. The van der Waals surface area contributed by atoms with Gasteiger partial charge < -0.3 is 15.4 Å². The van der Waals surface area contributed by atoms with Gasteiger partial charge in [0, 0.05) is 18.2 Å². The highest BCUT2D eigenvalue weighted by molar-refractivity contribution is 5.96. The van der Waals surface area contributed by atoms with Gasteiger partial charge in [-0.25, -0.2) is 0 Å². The van der Waals surface area contributed by atoms with Crippen molar-refractivity contribution in [3.8, 4) is 5.75 Å². The molecule has 0 bridgehead atoms. The number of hydrogen-bond donors (Lipinski definition) is 2. The molecule has 1 atom stereocenters. The molecular formula is C23H22N2O3. The zero-order chi connectivity index (χ0) is 19.9. The van der Waals surface area contributed by atoms with E-state index in [1.165, 1.54) is 6.92 Å². The fraction of sp³-hybridized carbons (Fsp3) is 0.130. The molecule has 3 aromatic rings. The zero-order valence-corrected chi connectivity index (χ0v) is 15.8. The molecule has 142 valence electrons. The number of benzene rings is 3. The number of anilines is 1. The minimum absolute atomic E-state index is 0.152. The van der Waals surface area contributed by atoms with E-state index in [0.29, 0.717) is 11.3 Å². The average Bonchev–Trinajstić information content (AvgIpc) is 2.73. The second-order valence-corrected chi connectivity index (χ2v) is 6.35. The van der Waals surface area contributed by atoms with Crippen molar-refractivity contribution in [1.82, 2.24) is 5.32 Å². The zero-order valence-electron chi connectivity index (χ0n) is 15.8. The number of methoxy groups -OCH3 is 1. The first kappa shape index (κ1) is 19.2. The molecule has 0 aliphatic rings. The number of carbonyl (C=O) groups is 2. The Morgan fingerprint density at radius 2 is 1.43 bits per heavy atom. The van der Waals surface area contributed by atoms with Gasteiger partial charge in [-0.15, -0.1) is 0 Å². The maximum atomic E-state index is 12.8. The minimum Gasteiger partial charge on any atom is -0.497 e. The van der Waals surface area contributed by atoms with Crippen LogP contribution >= 0.6 is 0 Å². The van der Waals surface area contributed by atoms with Crippen LogP contribution < -0.4 is 15.4 Å². The summed E-state index contributed by atoms with van der Waals surface area (Å²) in [6, 6.07) is 23.9. The number of ether oxygens (including phenoxy) is 1. The maximum Gasteiger partial charge on any atom is 0.252 e. The van der Waals surface area contributed by atoms with E-state index in [4.69, 9.17) is 4.74 Å². The number of carbonyl (C=O) groups excluding carboxylic acids is 2. The van der Waals surface area contributed by atoms with Crippen LogP contribution in [0.3, 0.4) is 0 Å². The fourth-order valence-corrected chi connectivity index (χ4v) is 2.92. The summed E-state index contributed by atoms with van der Waals surface area (Å²) in [5.41, 5.74) is 3.11. The lowest BCUT2D eigenvalue weighted by Crippen LogP contribution is -2.29. The first-order valence-corrected chi connectivity index (χ1v) is 8.94. The van der Waals surface area contributed by atoms with E-state index in [1.807, 2.05) is 54.6 Å². The molecule has 0 aliphatic carbocycles. The van der Waals surface area contributed by atoms with Crippen LogP contribution in [0.1, 0.15) is 34.5 Å². The lowest BCUT2D eigenvalue weighted by Gasteiger charge is -2.20.